The van der Waals surface area contributed by atoms with Gasteiger partial charge in [0.2, 0.25) is 0 Å². The zero-order chi connectivity index (χ0) is 10.6. The number of rotatable bonds is 4. The molecule has 13 heavy (non-hydrogen) atoms. The lowest BCUT2D eigenvalue weighted by molar-refractivity contribution is 0.595. The topological polar surface area (TPSA) is 72.5 Å². The van der Waals surface area contributed by atoms with E-state index >= 15 is 0 Å². The molecule has 0 fully saturated rings. The molecule has 5 heteroatoms. The number of hydrogen-bond acceptors (Lipinski definition) is 3. The number of hydrogen-bond donors (Lipinski definition) is 1. The second kappa shape index (κ2) is 4.60. The van der Waals surface area contributed by atoms with E-state index in [0.717, 1.165) is 0 Å². The highest BCUT2D eigenvalue weighted by Gasteiger charge is 2.10. The van der Waals surface area contributed by atoms with Crippen molar-refractivity contribution in [2.24, 2.45) is 16.6 Å². The van der Waals surface area contributed by atoms with Gasteiger partial charge in [-0.05, 0) is 6.92 Å². The van der Waals surface area contributed by atoms with Crippen molar-refractivity contribution < 1.29 is 8.42 Å². The maximum absolute atomic E-state index is 10.9. The van der Waals surface area contributed by atoms with E-state index in [9.17, 15) is 8.42 Å². The molecule has 0 aromatic heterocycles. The molecule has 1 unspecified atom stereocenters. The fourth-order valence-corrected chi connectivity index (χ4v) is 1.83. The normalized spacial score (nSPS) is 16.2. The molecule has 0 aliphatic rings. The summed E-state index contributed by atoms with van der Waals surface area (Å²) in [6.45, 7) is 5.59. The van der Waals surface area contributed by atoms with Crippen molar-refractivity contribution in [2.45, 2.75) is 26.8 Å². The lowest BCUT2D eigenvalue weighted by atomic mass is 10.2. The average molecular weight is 206 g/mol. The third kappa shape index (κ3) is 6.57. The van der Waals surface area contributed by atoms with Gasteiger partial charge in [0.25, 0.3) is 0 Å². The fraction of sp³-hybridized carbons (Fsp3) is 0.875. The molecule has 0 aromatic carbocycles. The average Bonchev–Trinajstić information content (AvgIpc) is 1.81. The smallest absolute Gasteiger partial charge is 0.149 e. The Balaban J connectivity index is 4.31. The van der Waals surface area contributed by atoms with Crippen LogP contribution in [-0.4, -0.2) is 32.3 Å². The number of amidine groups is 1. The van der Waals surface area contributed by atoms with Gasteiger partial charge in [0.15, 0.2) is 0 Å². The van der Waals surface area contributed by atoms with Gasteiger partial charge in [-0.15, -0.1) is 0 Å². The van der Waals surface area contributed by atoms with Crippen LogP contribution in [0, 0.1) is 5.92 Å². The van der Waals surface area contributed by atoms with Gasteiger partial charge < -0.3 is 5.73 Å². The Morgan fingerprint density at radius 3 is 2.15 bits per heavy atom. The van der Waals surface area contributed by atoms with E-state index in [1.54, 1.807) is 6.92 Å². The Labute approximate surface area is 80.2 Å². The van der Waals surface area contributed by atoms with Gasteiger partial charge in [-0.25, -0.2) is 8.42 Å². The quantitative estimate of drug-likeness (QED) is 0.535. The molecule has 2 N–H and O–H groups in total. The predicted molar refractivity (Wildman–Crippen MR) is 55.6 cm³/mol. The first-order valence-electron chi connectivity index (χ1n) is 4.23. The van der Waals surface area contributed by atoms with Crippen molar-refractivity contribution in [3.05, 3.63) is 0 Å². The van der Waals surface area contributed by atoms with E-state index in [1.807, 2.05) is 13.8 Å². The molecule has 0 rings (SSSR count). The first-order chi connectivity index (χ1) is 5.72. The SMILES string of the molecule is CC(CS(C)(=O)=O)N=C(N)C(C)C. The predicted octanol–water partition coefficient (Wildman–Crippen LogP) is 0.433. The number of sulfone groups is 1. The Kier molecular flexibility index (Phi) is 4.39. The number of nitrogens with two attached hydrogens (primary N) is 1. The van der Waals surface area contributed by atoms with E-state index < -0.39 is 9.84 Å². The Bertz CT molecular complexity index is 281. The van der Waals surface area contributed by atoms with E-state index in [-0.39, 0.29) is 17.7 Å². The molecule has 0 aliphatic carbocycles. The second-order valence-electron chi connectivity index (χ2n) is 3.65. The van der Waals surface area contributed by atoms with Crippen LogP contribution < -0.4 is 5.73 Å². The molecule has 0 aliphatic heterocycles. The van der Waals surface area contributed by atoms with Gasteiger partial charge in [-0.1, -0.05) is 13.8 Å². The van der Waals surface area contributed by atoms with Crippen LogP contribution in [0.3, 0.4) is 0 Å². The summed E-state index contributed by atoms with van der Waals surface area (Å²) in [7, 11) is -2.96. The minimum Gasteiger partial charge on any atom is -0.387 e. The molecule has 0 heterocycles. The summed E-state index contributed by atoms with van der Waals surface area (Å²) in [5, 5.41) is 0. The molecular weight excluding hydrogens is 188 g/mol. The maximum Gasteiger partial charge on any atom is 0.149 e. The van der Waals surface area contributed by atoms with E-state index in [2.05, 4.69) is 4.99 Å². The molecule has 0 saturated heterocycles. The molecule has 78 valence electrons. The monoisotopic (exact) mass is 206 g/mol. The van der Waals surface area contributed by atoms with Crippen LogP contribution in [0.1, 0.15) is 20.8 Å². The van der Waals surface area contributed by atoms with Gasteiger partial charge >= 0.3 is 0 Å². The molecule has 1 atom stereocenters. The van der Waals surface area contributed by atoms with Crippen molar-refractivity contribution in [3.63, 3.8) is 0 Å². The van der Waals surface area contributed by atoms with Gasteiger partial charge in [0, 0.05) is 12.2 Å². The summed E-state index contributed by atoms with van der Waals surface area (Å²) in [6.07, 6.45) is 1.20. The van der Waals surface area contributed by atoms with Gasteiger partial charge in [0.05, 0.1) is 17.6 Å². The van der Waals surface area contributed by atoms with Crippen molar-refractivity contribution in [1.29, 1.82) is 0 Å². The zero-order valence-electron chi connectivity index (χ0n) is 8.61. The first-order valence-corrected chi connectivity index (χ1v) is 6.29. The van der Waals surface area contributed by atoms with Crippen molar-refractivity contribution in [1.82, 2.24) is 0 Å². The molecule has 0 spiro atoms. The van der Waals surface area contributed by atoms with E-state index in [0.29, 0.717) is 5.84 Å². The summed E-state index contributed by atoms with van der Waals surface area (Å²) in [5.74, 6) is 0.735. The van der Waals surface area contributed by atoms with Crippen LogP contribution in [0.4, 0.5) is 0 Å². The van der Waals surface area contributed by atoms with Crippen LogP contribution in [0.25, 0.3) is 0 Å². The molecule has 4 nitrogen and oxygen atoms in total. The van der Waals surface area contributed by atoms with Crippen LogP contribution in [-0.2, 0) is 9.84 Å². The molecule has 0 amide bonds. The summed E-state index contributed by atoms with van der Waals surface area (Å²) >= 11 is 0. The molecule has 0 radical (unpaired) electrons. The fourth-order valence-electron chi connectivity index (χ4n) is 0.879. The maximum atomic E-state index is 10.9. The van der Waals surface area contributed by atoms with Crippen LogP contribution in [0.5, 0.6) is 0 Å². The van der Waals surface area contributed by atoms with Crippen LogP contribution in [0.2, 0.25) is 0 Å². The highest BCUT2D eigenvalue weighted by Crippen LogP contribution is 1.99. The Hall–Kier alpha value is -0.580. The van der Waals surface area contributed by atoms with Crippen LogP contribution in [0.15, 0.2) is 4.99 Å². The summed E-state index contributed by atoms with van der Waals surface area (Å²) in [6, 6.07) is -0.252. The highest BCUT2D eigenvalue weighted by atomic mass is 32.2. The second-order valence-corrected chi connectivity index (χ2v) is 5.83. The van der Waals surface area contributed by atoms with Gasteiger partial charge in [0.1, 0.15) is 9.84 Å². The Morgan fingerprint density at radius 2 is 1.85 bits per heavy atom. The minimum absolute atomic E-state index is 0.0560. The third-order valence-electron chi connectivity index (χ3n) is 1.50. The lowest BCUT2D eigenvalue weighted by Gasteiger charge is -2.08. The molecular formula is C8H18N2O2S. The Morgan fingerprint density at radius 1 is 1.38 bits per heavy atom. The van der Waals surface area contributed by atoms with E-state index in [1.165, 1.54) is 6.26 Å². The molecule has 0 saturated carbocycles. The van der Waals surface area contributed by atoms with Crippen molar-refractivity contribution in [3.8, 4) is 0 Å². The molecule has 0 aromatic rings. The highest BCUT2D eigenvalue weighted by molar-refractivity contribution is 7.90. The number of nitrogens with zero attached hydrogens (tertiary/aromatic N) is 1. The van der Waals surface area contributed by atoms with Gasteiger partial charge in [-0.3, -0.25) is 4.99 Å². The van der Waals surface area contributed by atoms with E-state index in [4.69, 9.17) is 5.73 Å². The first kappa shape index (κ1) is 12.4. The summed E-state index contributed by atoms with van der Waals surface area (Å²) in [5.41, 5.74) is 5.59. The van der Waals surface area contributed by atoms with Crippen molar-refractivity contribution >= 4 is 15.7 Å². The zero-order valence-corrected chi connectivity index (χ0v) is 9.43. The molecule has 0 bridgehead atoms. The van der Waals surface area contributed by atoms with Gasteiger partial charge in [-0.2, -0.15) is 0 Å². The van der Waals surface area contributed by atoms with Crippen LogP contribution >= 0.6 is 0 Å². The van der Waals surface area contributed by atoms with Crippen molar-refractivity contribution in [2.75, 3.05) is 12.0 Å². The third-order valence-corrected chi connectivity index (χ3v) is 2.59. The standard InChI is InChI=1S/C8H18N2O2S/c1-6(2)8(9)10-7(3)5-13(4,11)12/h6-7H,5H2,1-4H3,(H2,9,10). The number of aliphatic imine (C=N–C) groups is 1. The lowest BCUT2D eigenvalue weighted by Crippen LogP contribution is -2.24. The minimum atomic E-state index is -2.96. The largest absolute Gasteiger partial charge is 0.387 e. The summed E-state index contributed by atoms with van der Waals surface area (Å²) < 4.78 is 21.8. The summed E-state index contributed by atoms with van der Waals surface area (Å²) in [4.78, 5) is 4.08.